The fourth-order valence-corrected chi connectivity index (χ4v) is 3.48. The van der Waals surface area contributed by atoms with Crippen LogP contribution in [0.25, 0.3) is 0 Å². The Morgan fingerprint density at radius 2 is 2.20 bits per heavy atom. The average Bonchev–Trinajstić information content (AvgIpc) is 3.18. The summed E-state index contributed by atoms with van der Waals surface area (Å²) in [7, 11) is 0. The number of amides is 1. The molecule has 6 nitrogen and oxygen atoms in total. The smallest absolute Gasteiger partial charge is 0.234 e. The molecule has 0 radical (unpaired) electrons. The van der Waals surface area contributed by atoms with E-state index in [9.17, 15) is 4.79 Å². The predicted octanol–water partition coefficient (Wildman–Crippen LogP) is 2.57. The van der Waals surface area contributed by atoms with Crippen LogP contribution in [-0.2, 0) is 11.2 Å². The second-order valence-electron chi connectivity index (χ2n) is 6.90. The second kappa shape index (κ2) is 7.78. The highest BCUT2D eigenvalue weighted by molar-refractivity contribution is 5.78. The summed E-state index contributed by atoms with van der Waals surface area (Å²) in [5.41, 5.74) is 2.53. The van der Waals surface area contributed by atoms with Crippen LogP contribution >= 0.6 is 0 Å². The third-order valence-electron chi connectivity index (χ3n) is 4.75. The molecule has 3 rings (SSSR count). The third-order valence-corrected chi connectivity index (χ3v) is 4.75. The molecule has 0 aliphatic carbocycles. The van der Waals surface area contributed by atoms with E-state index >= 15 is 0 Å². The predicted molar refractivity (Wildman–Crippen MR) is 95.1 cm³/mol. The minimum Gasteiger partial charge on any atom is -0.352 e. The van der Waals surface area contributed by atoms with Crippen LogP contribution in [0.4, 0.5) is 0 Å². The molecule has 2 heterocycles. The summed E-state index contributed by atoms with van der Waals surface area (Å²) in [4.78, 5) is 18.9. The summed E-state index contributed by atoms with van der Waals surface area (Å²) in [6.45, 7) is 7.20. The maximum atomic E-state index is 12.4. The molecule has 2 unspecified atom stereocenters. The molecular formula is C19H26N4O2. The van der Waals surface area contributed by atoms with Crippen molar-refractivity contribution in [1.82, 2.24) is 20.4 Å². The number of rotatable bonds is 6. The molecule has 1 aliphatic rings. The van der Waals surface area contributed by atoms with Gasteiger partial charge in [-0.15, -0.1) is 0 Å². The highest BCUT2D eigenvalue weighted by Gasteiger charge is 2.31. The highest BCUT2D eigenvalue weighted by Crippen LogP contribution is 2.29. The second-order valence-corrected chi connectivity index (χ2v) is 6.90. The van der Waals surface area contributed by atoms with Crippen molar-refractivity contribution in [1.29, 1.82) is 0 Å². The normalized spacial score (nSPS) is 19.1. The summed E-state index contributed by atoms with van der Waals surface area (Å²) >= 11 is 0. The van der Waals surface area contributed by atoms with Gasteiger partial charge in [0.2, 0.25) is 11.8 Å². The first kappa shape index (κ1) is 17.6. The molecular weight excluding hydrogens is 316 g/mol. The van der Waals surface area contributed by atoms with Crippen LogP contribution in [-0.4, -0.2) is 40.1 Å². The van der Waals surface area contributed by atoms with Crippen molar-refractivity contribution < 1.29 is 9.32 Å². The van der Waals surface area contributed by atoms with Gasteiger partial charge in [0.15, 0.2) is 5.82 Å². The number of nitrogens with zero attached hydrogens (tertiary/aromatic N) is 3. The number of aromatic nitrogens is 2. The van der Waals surface area contributed by atoms with E-state index in [4.69, 9.17) is 4.52 Å². The van der Waals surface area contributed by atoms with Gasteiger partial charge in [-0.1, -0.05) is 29.4 Å². The molecule has 1 N–H and O–H groups in total. The van der Waals surface area contributed by atoms with Crippen LogP contribution in [0.2, 0.25) is 0 Å². The van der Waals surface area contributed by atoms with Gasteiger partial charge < -0.3 is 9.84 Å². The summed E-state index contributed by atoms with van der Waals surface area (Å²) in [6, 6.07) is 8.48. The SMILES string of the molecule is Cc1nc(C2CCCN2CC(=O)NC(C)Cc2ccccc2C)no1. The quantitative estimate of drug-likeness (QED) is 0.873. The Bertz CT molecular complexity index is 728. The van der Waals surface area contributed by atoms with Gasteiger partial charge >= 0.3 is 0 Å². The molecule has 0 saturated carbocycles. The maximum Gasteiger partial charge on any atom is 0.234 e. The van der Waals surface area contributed by atoms with Crippen LogP contribution in [0.15, 0.2) is 28.8 Å². The first-order chi connectivity index (χ1) is 12.0. The Morgan fingerprint density at radius 3 is 2.92 bits per heavy atom. The monoisotopic (exact) mass is 342 g/mol. The van der Waals surface area contributed by atoms with Crippen LogP contribution in [0.5, 0.6) is 0 Å². The van der Waals surface area contributed by atoms with Crippen LogP contribution in [0, 0.1) is 13.8 Å². The zero-order valence-corrected chi connectivity index (χ0v) is 15.2. The molecule has 0 bridgehead atoms. The van der Waals surface area contributed by atoms with Gasteiger partial charge in [0, 0.05) is 13.0 Å². The number of carbonyl (C=O) groups is 1. The molecule has 6 heteroatoms. The zero-order chi connectivity index (χ0) is 17.8. The summed E-state index contributed by atoms with van der Waals surface area (Å²) < 4.78 is 5.08. The lowest BCUT2D eigenvalue weighted by Gasteiger charge is -2.22. The van der Waals surface area contributed by atoms with Crippen molar-refractivity contribution in [2.75, 3.05) is 13.1 Å². The largest absolute Gasteiger partial charge is 0.352 e. The van der Waals surface area contributed by atoms with E-state index in [0.29, 0.717) is 18.3 Å². The molecule has 0 spiro atoms. The standard InChI is InChI=1S/C19H26N4O2/c1-13-7-4-5-8-16(13)11-14(2)20-18(24)12-23-10-6-9-17(23)19-21-15(3)25-22-19/h4-5,7-8,14,17H,6,9-12H2,1-3H3,(H,20,24). The number of hydrogen-bond donors (Lipinski definition) is 1. The van der Waals surface area contributed by atoms with Crippen LogP contribution in [0.3, 0.4) is 0 Å². The Labute approximate surface area is 148 Å². The Balaban J connectivity index is 1.54. The molecule has 1 amide bonds. The fourth-order valence-electron chi connectivity index (χ4n) is 3.48. The van der Waals surface area contributed by atoms with Gasteiger partial charge in [-0.25, -0.2) is 0 Å². The van der Waals surface area contributed by atoms with Gasteiger partial charge in [0.25, 0.3) is 0 Å². The molecule has 2 atom stereocenters. The van der Waals surface area contributed by atoms with Crippen molar-refractivity contribution in [2.24, 2.45) is 0 Å². The van der Waals surface area contributed by atoms with E-state index in [-0.39, 0.29) is 18.0 Å². The lowest BCUT2D eigenvalue weighted by molar-refractivity contribution is -0.123. The van der Waals surface area contributed by atoms with Crippen LogP contribution < -0.4 is 5.32 Å². The molecule has 1 saturated heterocycles. The molecule has 2 aromatic rings. The lowest BCUT2D eigenvalue weighted by atomic mass is 10.0. The number of likely N-dealkylation sites (tertiary alicyclic amines) is 1. The molecule has 1 aromatic carbocycles. The van der Waals surface area contributed by atoms with Crippen molar-refractivity contribution in [3.63, 3.8) is 0 Å². The van der Waals surface area contributed by atoms with E-state index in [1.165, 1.54) is 11.1 Å². The third kappa shape index (κ3) is 4.45. The number of nitrogens with one attached hydrogen (secondary N) is 1. The fraction of sp³-hybridized carbons (Fsp3) is 0.526. The topological polar surface area (TPSA) is 71.3 Å². The van der Waals surface area contributed by atoms with E-state index in [1.807, 2.05) is 19.1 Å². The average molecular weight is 342 g/mol. The maximum absolute atomic E-state index is 12.4. The van der Waals surface area contributed by atoms with Crippen molar-refractivity contribution in [3.8, 4) is 0 Å². The first-order valence-electron chi connectivity index (χ1n) is 8.91. The van der Waals surface area contributed by atoms with Gasteiger partial charge in [-0.2, -0.15) is 4.98 Å². The molecule has 1 aromatic heterocycles. The first-order valence-corrected chi connectivity index (χ1v) is 8.91. The van der Waals surface area contributed by atoms with Gasteiger partial charge in [-0.05, 0) is 50.8 Å². The van der Waals surface area contributed by atoms with E-state index in [1.54, 1.807) is 6.92 Å². The van der Waals surface area contributed by atoms with Crippen LogP contribution in [0.1, 0.15) is 48.6 Å². The number of aryl methyl sites for hydroxylation is 2. The molecule has 1 fully saturated rings. The van der Waals surface area contributed by atoms with Gasteiger partial charge in [0.05, 0.1) is 12.6 Å². The number of benzene rings is 1. The molecule has 25 heavy (non-hydrogen) atoms. The van der Waals surface area contributed by atoms with Crippen molar-refractivity contribution >= 4 is 5.91 Å². The summed E-state index contributed by atoms with van der Waals surface area (Å²) in [5, 5.41) is 7.14. The van der Waals surface area contributed by atoms with E-state index in [2.05, 4.69) is 39.4 Å². The summed E-state index contributed by atoms with van der Waals surface area (Å²) in [5.74, 6) is 1.31. The minimum atomic E-state index is 0.0493. The Kier molecular flexibility index (Phi) is 5.48. The van der Waals surface area contributed by atoms with E-state index < -0.39 is 0 Å². The minimum absolute atomic E-state index is 0.0493. The summed E-state index contributed by atoms with van der Waals surface area (Å²) in [6.07, 6.45) is 2.85. The lowest BCUT2D eigenvalue weighted by Crippen LogP contribution is -2.41. The zero-order valence-electron chi connectivity index (χ0n) is 15.2. The highest BCUT2D eigenvalue weighted by atomic mass is 16.5. The van der Waals surface area contributed by atoms with Crippen molar-refractivity contribution in [2.45, 2.75) is 52.1 Å². The van der Waals surface area contributed by atoms with Gasteiger partial charge in [-0.3, -0.25) is 9.69 Å². The molecule has 1 aliphatic heterocycles. The van der Waals surface area contributed by atoms with E-state index in [0.717, 1.165) is 25.8 Å². The Hall–Kier alpha value is -2.21. The Morgan fingerprint density at radius 1 is 1.40 bits per heavy atom. The number of carbonyl (C=O) groups excluding carboxylic acids is 1. The van der Waals surface area contributed by atoms with Crippen molar-refractivity contribution in [3.05, 3.63) is 47.1 Å². The van der Waals surface area contributed by atoms with Gasteiger partial charge in [0.1, 0.15) is 0 Å². The molecule has 134 valence electrons. The number of hydrogen-bond acceptors (Lipinski definition) is 5.